The summed E-state index contributed by atoms with van der Waals surface area (Å²) in [6, 6.07) is 5.96. The van der Waals surface area contributed by atoms with Crippen molar-refractivity contribution < 1.29 is 14.6 Å². The van der Waals surface area contributed by atoms with E-state index in [1.165, 1.54) is 0 Å². The Morgan fingerprint density at radius 3 is 2.70 bits per heavy atom. The summed E-state index contributed by atoms with van der Waals surface area (Å²) >= 11 is 0. The number of carbonyl (C=O) groups is 1. The van der Waals surface area contributed by atoms with E-state index in [1.807, 2.05) is 36.9 Å². The average Bonchev–Trinajstić information content (AvgIpc) is 3.22. The Kier molecular flexibility index (Phi) is 4.65. The van der Waals surface area contributed by atoms with Crippen LogP contribution >= 0.6 is 0 Å². The molecule has 1 aliphatic carbocycles. The molecule has 0 aromatic heterocycles. The summed E-state index contributed by atoms with van der Waals surface area (Å²) in [4.78, 5) is 14.0. The van der Waals surface area contributed by atoms with Crippen LogP contribution in [0.4, 0.5) is 0 Å². The molecule has 20 heavy (non-hydrogen) atoms. The van der Waals surface area contributed by atoms with Crippen LogP contribution in [0.15, 0.2) is 18.2 Å². The standard InChI is InChI=1S/C16H23NO3/c1-4-17(14-6-7-14)16(19)10-20-15-8-5-13(12(3)18)9-11(15)2/h5,8-9,12,14,18H,4,6-7,10H2,1-3H3. The summed E-state index contributed by atoms with van der Waals surface area (Å²) in [5.41, 5.74) is 1.79. The molecule has 1 aromatic rings. The Balaban J connectivity index is 1.95. The number of hydrogen-bond acceptors (Lipinski definition) is 3. The number of likely N-dealkylation sites (N-methyl/N-ethyl adjacent to an activating group) is 1. The van der Waals surface area contributed by atoms with Crippen LogP contribution in [-0.2, 0) is 4.79 Å². The second-order valence-corrected chi connectivity index (χ2v) is 5.40. The predicted octanol–water partition coefficient (Wildman–Crippen LogP) is 2.44. The lowest BCUT2D eigenvalue weighted by Crippen LogP contribution is -2.36. The SMILES string of the molecule is CCN(C(=O)COc1ccc(C(C)O)cc1C)C1CC1. The van der Waals surface area contributed by atoms with E-state index in [2.05, 4.69) is 0 Å². The normalized spacial score (nSPS) is 15.8. The second-order valence-electron chi connectivity index (χ2n) is 5.40. The van der Waals surface area contributed by atoms with Crippen LogP contribution in [0.1, 0.15) is 43.9 Å². The molecule has 1 atom stereocenters. The summed E-state index contributed by atoms with van der Waals surface area (Å²) in [6.45, 7) is 6.47. The maximum atomic E-state index is 12.1. The van der Waals surface area contributed by atoms with Gasteiger partial charge in [0.15, 0.2) is 6.61 Å². The van der Waals surface area contributed by atoms with Crippen LogP contribution in [0.3, 0.4) is 0 Å². The van der Waals surface area contributed by atoms with Gasteiger partial charge in [-0.25, -0.2) is 0 Å². The van der Waals surface area contributed by atoms with Crippen molar-refractivity contribution in [3.05, 3.63) is 29.3 Å². The number of carbonyl (C=O) groups excluding carboxylic acids is 1. The fourth-order valence-corrected chi connectivity index (χ4v) is 2.34. The minimum atomic E-state index is -0.491. The second kappa shape index (κ2) is 6.27. The van der Waals surface area contributed by atoms with E-state index < -0.39 is 6.10 Å². The first-order chi connectivity index (χ1) is 9.52. The number of ether oxygens (including phenoxy) is 1. The van der Waals surface area contributed by atoms with Crippen molar-refractivity contribution in [2.24, 2.45) is 0 Å². The maximum absolute atomic E-state index is 12.1. The highest BCUT2D eigenvalue weighted by Gasteiger charge is 2.31. The van der Waals surface area contributed by atoms with Gasteiger partial charge in [0, 0.05) is 12.6 Å². The Morgan fingerprint density at radius 2 is 2.20 bits per heavy atom. The number of aliphatic hydroxyl groups excluding tert-OH is 1. The van der Waals surface area contributed by atoms with Crippen LogP contribution in [0.5, 0.6) is 5.75 Å². The number of amides is 1. The smallest absolute Gasteiger partial charge is 0.260 e. The van der Waals surface area contributed by atoms with Gasteiger partial charge < -0.3 is 14.7 Å². The quantitative estimate of drug-likeness (QED) is 0.869. The zero-order valence-electron chi connectivity index (χ0n) is 12.4. The van der Waals surface area contributed by atoms with Crippen molar-refractivity contribution in [3.63, 3.8) is 0 Å². The first-order valence-electron chi connectivity index (χ1n) is 7.23. The average molecular weight is 277 g/mol. The third-order valence-electron chi connectivity index (χ3n) is 3.68. The molecule has 1 fully saturated rings. The lowest BCUT2D eigenvalue weighted by Gasteiger charge is -2.20. The highest BCUT2D eigenvalue weighted by molar-refractivity contribution is 5.78. The Hall–Kier alpha value is -1.55. The van der Waals surface area contributed by atoms with Gasteiger partial charge in [-0.05, 0) is 56.9 Å². The minimum Gasteiger partial charge on any atom is -0.484 e. The van der Waals surface area contributed by atoms with Crippen LogP contribution in [0.25, 0.3) is 0 Å². The van der Waals surface area contributed by atoms with Crippen molar-refractivity contribution in [1.82, 2.24) is 4.90 Å². The van der Waals surface area contributed by atoms with Gasteiger partial charge in [0.2, 0.25) is 0 Å². The number of hydrogen-bond donors (Lipinski definition) is 1. The molecule has 4 heteroatoms. The van der Waals surface area contributed by atoms with Gasteiger partial charge in [-0.15, -0.1) is 0 Å². The molecule has 1 aromatic carbocycles. The van der Waals surface area contributed by atoms with Crippen molar-refractivity contribution >= 4 is 5.91 Å². The maximum Gasteiger partial charge on any atom is 0.260 e. The number of nitrogens with zero attached hydrogens (tertiary/aromatic N) is 1. The fraction of sp³-hybridized carbons (Fsp3) is 0.562. The fourth-order valence-electron chi connectivity index (χ4n) is 2.34. The summed E-state index contributed by atoms with van der Waals surface area (Å²) in [7, 11) is 0. The van der Waals surface area contributed by atoms with Crippen LogP contribution in [0, 0.1) is 6.92 Å². The summed E-state index contributed by atoms with van der Waals surface area (Å²) < 4.78 is 5.62. The monoisotopic (exact) mass is 277 g/mol. The van der Waals surface area contributed by atoms with Crippen molar-refractivity contribution in [2.45, 2.75) is 45.8 Å². The zero-order chi connectivity index (χ0) is 14.7. The van der Waals surface area contributed by atoms with Gasteiger partial charge in [0.05, 0.1) is 6.10 Å². The highest BCUT2D eigenvalue weighted by atomic mass is 16.5. The van der Waals surface area contributed by atoms with E-state index in [9.17, 15) is 9.90 Å². The Bertz CT molecular complexity index is 481. The molecule has 0 spiro atoms. The molecule has 2 rings (SSSR count). The largest absolute Gasteiger partial charge is 0.484 e. The molecule has 1 unspecified atom stereocenters. The third kappa shape index (κ3) is 3.51. The molecule has 0 radical (unpaired) electrons. The third-order valence-corrected chi connectivity index (χ3v) is 3.68. The molecule has 0 heterocycles. The molecule has 1 amide bonds. The Labute approximate surface area is 120 Å². The van der Waals surface area contributed by atoms with Gasteiger partial charge in [-0.1, -0.05) is 6.07 Å². The van der Waals surface area contributed by atoms with E-state index >= 15 is 0 Å². The van der Waals surface area contributed by atoms with Crippen LogP contribution in [-0.4, -0.2) is 35.1 Å². The van der Waals surface area contributed by atoms with Crippen molar-refractivity contribution in [1.29, 1.82) is 0 Å². The van der Waals surface area contributed by atoms with Crippen LogP contribution in [0.2, 0.25) is 0 Å². The number of rotatable bonds is 6. The van der Waals surface area contributed by atoms with E-state index in [-0.39, 0.29) is 12.5 Å². The Morgan fingerprint density at radius 1 is 1.50 bits per heavy atom. The van der Waals surface area contributed by atoms with Gasteiger partial charge in [-0.2, -0.15) is 0 Å². The summed E-state index contributed by atoms with van der Waals surface area (Å²) in [6.07, 6.45) is 1.73. The first-order valence-corrected chi connectivity index (χ1v) is 7.23. The minimum absolute atomic E-state index is 0.0500. The van der Waals surface area contributed by atoms with Crippen molar-refractivity contribution in [3.8, 4) is 5.75 Å². The molecule has 110 valence electrons. The van der Waals surface area contributed by atoms with E-state index in [0.717, 1.165) is 30.5 Å². The molecule has 4 nitrogen and oxygen atoms in total. The molecule has 0 saturated heterocycles. The van der Waals surface area contributed by atoms with Gasteiger partial charge in [-0.3, -0.25) is 4.79 Å². The molecule has 1 N–H and O–H groups in total. The predicted molar refractivity (Wildman–Crippen MR) is 77.7 cm³/mol. The van der Waals surface area contributed by atoms with Gasteiger partial charge in [0.1, 0.15) is 5.75 Å². The molecular formula is C16H23NO3. The molecule has 0 aliphatic heterocycles. The number of aryl methyl sites for hydroxylation is 1. The molecule has 0 bridgehead atoms. The first kappa shape index (κ1) is 14.9. The van der Waals surface area contributed by atoms with Gasteiger partial charge >= 0.3 is 0 Å². The number of aliphatic hydroxyl groups is 1. The highest BCUT2D eigenvalue weighted by Crippen LogP contribution is 2.27. The zero-order valence-corrected chi connectivity index (χ0v) is 12.4. The topological polar surface area (TPSA) is 49.8 Å². The van der Waals surface area contributed by atoms with E-state index in [4.69, 9.17) is 4.74 Å². The molecular weight excluding hydrogens is 254 g/mol. The van der Waals surface area contributed by atoms with Gasteiger partial charge in [0.25, 0.3) is 5.91 Å². The molecule has 1 saturated carbocycles. The lowest BCUT2D eigenvalue weighted by atomic mass is 10.1. The summed E-state index contributed by atoms with van der Waals surface area (Å²) in [5.74, 6) is 0.753. The number of benzene rings is 1. The van der Waals surface area contributed by atoms with Crippen molar-refractivity contribution in [2.75, 3.05) is 13.2 Å². The van der Waals surface area contributed by atoms with Crippen LogP contribution < -0.4 is 4.74 Å². The molecule has 1 aliphatic rings. The lowest BCUT2D eigenvalue weighted by molar-refractivity contribution is -0.133. The van der Waals surface area contributed by atoms with E-state index in [0.29, 0.717) is 11.8 Å². The summed E-state index contributed by atoms with van der Waals surface area (Å²) in [5, 5.41) is 9.53. The van der Waals surface area contributed by atoms with E-state index in [1.54, 1.807) is 6.92 Å².